The molecule has 0 atom stereocenters. The Labute approximate surface area is 101 Å². The molecule has 0 amide bonds. The third-order valence-electron chi connectivity index (χ3n) is 2.68. The van der Waals surface area contributed by atoms with Gasteiger partial charge in [0.25, 0.3) is 0 Å². The Morgan fingerprint density at radius 1 is 1.41 bits per heavy atom. The summed E-state index contributed by atoms with van der Waals surface area (Å²) in [5, 5.41) is 9.03. The van der Waals surface area contributed by atoms with Crippen LogP contribution in [0.3, 0.4) is 0 Å². The molecule has 0 heterocycles. The SMILES string of the molecule is CCCN(CC)Cc1cc(F)ccc1C(=O)O. The molecule has 0 aliphatic rings. The van der Waals surface area contributed by atoms with E-state index in [1.807, 2.05) is 6.92 Å². The molecule has 1 aromatic carbocycles. The largest absolute Gasteiger partial charge is 0.478 e. The first kappa shape index (κ1) is 13.6. The topological polar surface area (TPSA) is 40.5 Å². The van der Waals surface area contributed by atoms with E-state index in [9.17, 15) is 9.18 Å². The van der Waals surface area contributed by atoms with Crippen molar-refractivity contribution in [3.8, 4) is 0 Å². The zero-order chi connectivity index (χ0) is 12.8. The fourth-order valence-electron chi connectivity index (χ4n) is 1.81. The first-order valence-electron chi connectivity index (χ1n) is 5.82. The Morgan fingerprint density at radius 2 is 2.12 bits per heavy atom. The standard InChI is InChI=1S/C13H18FNO2/c1-3-7-15(4-2)9-10-8-11(14)5-6-12(10)13(16)17/h5-6,8H,3-4,7,9H2,1-2H3,(H,16,17). The van der Waals surface area contributed by atoms with Crippen LogP contribution in [0.1, 0.15) is 36.2 Å². The third kappa shape index (κ3) is 3.82. The number of benzene rings is 1. The molecule has 0 bridgehead atoms. The van der Waals surface area contributed by atoms with Crippen molar-refractivity contribution in [2.45, 2.75) is 26.8 Å². The van der Waals surface area contributed by atoms with Crippen LogP contribution in [0.25, 0.3) is 0 Å². The number of carboxylic acids is 1. The molecule has 0 saturated heterocycles. The van der Waals surface area contributed by atoms with Crippen LogP contribution in [0.15, 0.2) is 18.2 Å². The van der Waals surface area contributed by atoms with E-state index in [0.717, 1.165) is 19.5 Å². The summed E-state index contributed by atoms with van der Waals surface area (Å²) in [4.78, 5) is 13.1. The van der Waals surface area contributed by atoms with Gasteiger partial charge in [0.1, 0.15) is 5.82 Å². The van der Waals surface area contributed by atoms with Gasteiger partial charge < -0.3 is 5.11 Å². The van der Waals surface area contributed by atoms with E-state index in [-0.39, 0.29) is 5.56 Å². The van der Waals surface area contributed by atoms with Gasteiger partial charge in [-0.2, -0.15) is 0 Å². The lowest BCUT2D eigenvalue weighted by Crippen LogP contribution is -2.24. The monoisotopic (exact) mass is 239 g/mol. The molecule has 0 spiro atoms. The Balaban J connectivity index is 2.94. The zero-order valence-electron chi connectivity index (χ0n) is 10.2. The molecule has 0 aliphatic carbocycles. The number of aromatic carboxylic acids is 1. The fourth-order valence-corrected chi connectivity index (χ4v) is 1.81. The van der Waals surface area contributed by atoms with Crippen LogP contribution in [0.5, 0.6) is 0 Å². The summed E-state index contributed by atoms with van der Waals surface area (Å²) in [6.45, 7) is 6.25. The molecule has 94 valence electrons. The number of carboxylic acid groups (broad SMARTS) is 1. The first-order valence-corrected chi connectivity index (χ1v) is 5.82. The van der Waals surface area contributed by atoms with Crippen LogP contribution >= 0.6 is 0 Å². The van der Waals surface area contributed by atoms with E-state index in [1.165, 1.54) is 18.2 Å². The molecule has 4 heteroatoms. The molecule has 0 aliphatic heterocycles. The molecule has 1 rings (SSSR count). The lowest BCUT2D eigenvalue weighted by molar-refractivity contribution is 0.0694. The number of hydrogen-bond donors (Lipinski definition) is 1. The van der Waals surface area contributed by atoms with Gasteiger partial charge in [-0.3, -0.25) is 4.90 Å². The molecule has 0 fully saturated rings. The minimum Gasteiger partial charge on any atom is -0.478 e. The van der Waals surface area contributed by atoms with Gasteiger partial charge in [0.05, 0.1) is 5.56 Å². The van der Waals surface area contributed by atoms with Crippen LogP contribution in [0.2, 0.25) is 0 Å². The molecule has 0 aromatic heterocycles. The highest BCUT2D eigenvalue weighted by Crippen LogP contribution is 2.14. The summed E-state index contributed by atoms with van der Waals surface area (Å²) in [5.41, 5.74) is 0.716. The summed E-state index contributed by atoms with van der Waals surface area (Å²) >= 11 is 0. The smallest absolute Gasteiger partial charge is 0.336 e. The average molecular weight is 239 g/mol. The molecule has 0 unspecified atom stereocenters. The molecule has 17 heavy (non-hydrogen) atoms. The van der Waals surface area contributed by atoms with Crippen LogP contribution in [0.4, 0.5) is 4.39 Å². The van der Waals surface area contributed by atoms with Crippen molar-refractivity contribution in [3.63, 3.8) is 0 Å². The van der Waals surface area contributed by atoms with Crippen molar-refractivity contribution in [2.24, 2.45) is 0 Å². The van der Waals surface area contributed by atoms with Crippen LogP contribution in [0, 0.1) is 5.82 Å². The summed E-state index contributed by atoms with van der Waals surface area (Å²) in [6.07, 6.45) is 0.992. The normalized spacial score (nSPS) is 10.8. The first-order chi connectivity index (χ1) is 8.08. The van der Waals surface area contributed by atoms with Gasteiger partial charge in [0, 0.05) is 6.54 Å². The molecular weight excluding hydrogens is 221 g/mol. The molecular formula is C13H18FNO2. The van der Waals surface area contributed by atoms with Gasteiger partial charge in [-0.05, 0) is 43.3 Å². The highest BCUT2D eigenvalue weighted by atomic mass is 19.1. The summed E-state index contributed by atoms with van der Waals surface area (Å²) in [5.74, 6) is -1.40. The van der Waals surface area contributed by atoms with Crippen LogP contribution in [-0.2, 0) is 6.54 Å². The van der Waals surface area contributed by atoms with Gasteiger partial charge in [-0.1, -0.05) is 13.8 Å². The van der Waals surface area contributed by atoms with Gasteiger partial charge in [0.15, 0.2) is 0 Å². The molecule has 0 saturated carbocycles. The maximum atomic E-state index is 13.1. The zero-order valence-corrected chi connectivity index (χ0v) is 10.2. The van der Waals surface area contributed by atoms with Crippen molar-refractivity contribution in [3.05, 3.63) is 35.1 Å². The van der Waals surface area contributed by atoms with Crippen LogP contribution < -0.4 is 0 Å². The summed E-state index contributed by atoms with van der Waals surface area (Å²) in [7, 11) is 0. The number of carbonyl (C=O) groups is 1. The Hall–Kier alpha value is -1.42. The second-order valence-corrected chi connectivity index (χ2v) is 3.98. The summed E-state index contributed by atoms with van der Waals surface area (Å²) in [6, 6.07) is 3.82. The van der Waals surface area contributed by atoms with Crippen molar-refractivity contribution in [1.29, 1.82) is 0 Å². The number of nitrogens with zero attached hydrogens (tertiary/aromatic N) is 1. The fraction of sp³-hybridized carbons (Fsp3) is 0.462. The third-order valence-corrected chi connectivity index (χ3v) is 2.68. The second-order valence-electron chi connectivity index (χ2n) is 3.98. The van der Waals surface area contributed by atoms with E-state index in [1.54, 1.807) is 0 Å². The lowest BCUT2D eigenvalue weighted by atomic mass is 10.1. The average Bonchev–Trinajstić information content (AvgIpc) is 2.28. The van der Waals surface area contributed by atoms with E-state index < -0.39 is 11.8 Å². The molecule has 3 nitrogen and oxygen atoms in total. The van der Waals surface area contributed by atoms with E-state index in [0.29, 0.717) is 12.1 Å². The minimum absolute atomic E-state index is 0.181. The second kappa shape index (κ2) is 6.35. The Bertz CT molecular complexity index is 393. The highest BCUT2D eigenvalue weighted by molar-refractivity contribution is 5.89. The molecule has 0 radical (unpaired) electrons. The Kier molecular flexibility index (Phi) is 5.10. The highest BCUT2D eigenvalue weighted by Gasteiger charge is 2.13. The van der Waals surface area contributed by atoms with Gasteiger partial charge in [-0.15, -0.1) is 0 Å². The predicted octanol–water partition coefficient (Wildman–Crippen LogP) is 2.76. The van der Waals surface area contributed by atoms with Crippen molar-refractivity contribution in [2.75, 3.05) is 13.1 Å². The van der Waals surface area contributed by atoms with E-state index in [4.69, 9.17) is 5.11 Å². The van der Waals surface area contributed by atoms with Crippen molar-refractivity contribution < 1.29 is 14.3 Å². The molecule has 1 aromatic rings. The quantitative estimate of drug-likeness (QED) is 0.829. The van der Waals surface area contributed by atoms with Gasteiger partial charge in [0.2, 0.25) is 0 Å². The maximum absolute atomic E-state index is 13.1. The minimum atomic E-state index is -1.01. The number of rotatable bonds is 6. The van der Waals surface area contributed by atoms with Crippen molar-refractivity contribution in [1.82, 2.24) is 4.90 Å². The maximum Gasteiger partial charge on any atom is 0.336 e. The van der Waals surface area contributed by atoms with E-state index >= 15 is 0 Å². The van der Waals surface area contributed by atoms with Crippen molar-refractivity contribution >= 4 is 5.97 Å². The van der Waals surface area contributed by atoms with Gasteiger partial charge in [-0.25, -0.2) is 9.18 Å². The lowest BCUT2D eigenvalue weighted by Gasteiger charge is -2.20. The van der Waals surface area contributed by atoms with Gasteiger partial charge >= 0.3 is 5.97 Å². The number of halogens is 1. The predicted molar refractivity (Wildman–Crippen MR) is 64.6 cm³/mol. The Morgan fingerprint density at radius 3 is 2.65 bits per heavy atom. The van der Waals surface area contributed by atoms with Crippen LogP contribution in [-0.4, -0.2) is 29.1 Å². The summed E-state index contributed by atoms with van der Waals surface area (Å²) < 4.78 is 13.1. The van der Waals surface area contributed by atoms with E-state index in [2.05, 4.69) is 11.8 Å². The molecule has 1 N–H and O–H groups in total. The number of hydrogen-bond acceptors (Lipinski definition) is 2.